The molecule has 0 saturated heterocycles. The molecule has 0 saturated carbocycles. The van der Waals surface area contributed by atoms with E-state index in [9.17, 15) is 0 Å². The molecule has 152 valence electrons. The van der Waals surface area contributed by atoms with Crippen LogP contribution in [0.25, 0.3) is 5.57 Å². The number of methoxy groups -OCH3 is 1. The predicted molar refractivity (Wildman–Crippen MR) is 113 cm³/mol. The maximum atomic E-state index is 8.74. The number of hydrogen-bond donors (Lipinski definition) is 2. The lowest BCUT2D eigenvalue weighted by Gasteiger charge is -2.24. The number of halogens is 1. The first kappa shape index (κ1) is 22.7. The van der Waals surface area contributed by atoms with Crippen molar-refractivity contribution in [2.45, 2.75) is 16.2 Å². The fourth-order valence-electron chi connectivity index (χ4n) is 2.75. The molecule has 0 amide bonds. The molecule has 0 spiro atoms. The van der Waals surface area contributed by atoms with Crippen molar-refractivity contribution in [3.63, 3.8) is 0 Å². The molecule has 0 fully saturated rings. The van der Waals surface area contributed by atoms with E-state index in [4.69, 9.17) is 33.9 Å². The van der Waals surface area contributed by atoms with Crippen molar-refractivity contribution >= 4 is 39.3 Å². The lowest BCUT2D eigenvalue weighted by molar-refractivity contribution is 0.381. The monoisotopic (exact) mass is 443 g/mol. The van der Waals surface area contributed by atoms with Gasteiger partial charge >= 0.3 is 10.4 Å². The molecule has 2 aromatic carbocycles. The molecule has 1 heterocycles. The molecule has 2 N–H and O–H groups in total. The highest BCUT2D eigenvalue weighted by Crippen LogP contribution is 2.50. The van der Waals surface area contributed by atoms with E-state index in [-0.39, 0.29) is 0 Å². The van der Waals surface area contributed by atoms with E-state index in [0.717, 1.165) is 29.2 Å². The first-order valence-electron chi connectivity index (χ1n) is 8.30. The van der Waals surface area contributed by atoms with Crippen LogP contribution in [-0.4, -0.2) is 50.2 Å². The lowest BCUT2D eigenvalue weighted by atomic mass is 9.95. The Labute approximate surface area is 174 Å². The Kier molecular flexibility index (Phi) is 7.94. The first-order valence-corrected chi connectivity index (χ1v) is 10.9. The molecule has 1 aliphatic heterocycles. The van der Waals surface area contributed by atoms with Gasteiger partial charge in [0.1, 0.15) is 5.75 Å². The third-order valence-corrected chi connectivity index (χ3v) is 5.26. The highest BCUT2D eigenvalue weighted by atomic mass is 35.5. The van der Waals surface area contributed by atoms with Gasteiger partial charge in [-0.3, -0.25) is 9.11 Å². The second-order valence-electron chi connectivity index (χ2n) is 6.24. The first-order chi connectivity index (χ1) is 13.1. The van der Waals surface area contributed by atoms with E-state index >= 15 is 0 Å². The van der Waals surface area contributed by atoms with Crippen LogP contribution in [-0.2, 0) is 10.4 Å². The van der Waals surface area contributed by atoms with Gasteiger partial charge in [0.2, 0.25) is 0 Å². The molecular formula is C19H22ClNO5S2. The van der Waals surface area contributed by atoms with Crippen LogP contribution in [0.4, 0.5) is 0 Å². The number of ether oxygens (including phenoxy) is 1. The summed E-state index contributed by atoms with van der Waals surface area (Å²) in [5, 5.41) is 0.707. The maximum Gasteiger partial charge on any atom is 0.394 e. The summed E-state index contributed by atoms with van der Waals surface area (Å²) in [5.74, 6) is 0.838. The van der Waals surface area contributed by atoms with Crippen molar-refractivity contribution in [3.8, 4) is 5.75 Å². The van der Waals surface area contributed by atoms with Gasteiger partial charge < -0.3 is 9.64 Å². The van der Waals surface area contributed by atoms with Gasteiger partial charge in [-0.2, -0.15) is 8.42 Å². The van der Waals surface area contributed by atoms with E-state index in [1.54, 1.807) is 18.9 Å². The summed E-state index contributed by atoms with van der Waals surface area (Å²) >= 11 is 8.06. The molecule has 28 heavy (non-hydrogen) atoms. The maximum absolute atomic E-state index is 8.74. The SMILES string of the molecule is COc1cc(Cl)cc2c1Sc1ccccc1C2=CCCN(C)C.O=S(=O)(O)O. The number of rotatable bonds is 4. The van der Waals surface area contributed by atoms with E-state index in [2.05, 4.69) is 49.3 Å². The molecule has 0 atom stereocenters. The normalized spacial score (nSPS) is 14.2. The summed E-state index contributed by atoms with van der Waals surface area (Å²) in [6.45, 7) is 1.02. The zero-order chi connectivity index (χ0) is 20.9. The van der Waals surface area contributed by atoms with Crippen molar-refractivity contribution in [2.24, 2.45) is 0 Å². The molecule has 0 radical (unpaired) electrons. The molecule has 2 aromatic rings. The minimum absolute atomic E-state index is 0.707. The molecule has 9 heteroatoms. The van der Waals surface area contributed by atoms with Gasteiger partial charge in [-0.1, -0.05) is 47.6 Å². The molecule has 0 aliphatic carbocycles. The molecular weight excluding hydrogens is 422 g/mol. The number of hydrogen-bond acceptors (Lipinski definition) is 5. The Balaban J connectivity index is 0.000000500. The fourth-order valence-corrected chi connectivity index (χ4v) is 4.13. The summed E-state index contributed by atoms with van der Waals surface area (Å²) in [6, 6.07) is 12.4. The summed E-state index contributed by atoms with van der Waals surface area (Å²) in [7, 11) is 1.22. The molecule has 6 nitrogen and oxygen atoms in total. The predicted octanol–water partition coefficient (Wildman–Crippen LogP) is 4.54. The molecule has 0 unspecified atom stereocenters. The Hall–Kier alpha value is -1.55. The summed E-state index contributed by atoms with van der Waals surface area (Å²) in [4.78, 5) is 4.60. The number of nitrogens with zero attached hydrogens (tertiary/aromatic N) is 1. The Morgan fingerprint density at radius 3 is 2.43 bits per heavy atom. The van der Waals surface area contributed by atoms with E-state index in [0.29, 0.717) is 5.02 Å². The minimum Gasteiger partial charge on any atom is -0.495 e. The van der Waals surface area contributed by atoms with Crippen LogP contribution < -0.4 is 4.74 Å². The topological polar surface area (TPSA) is 87.1 Å². The van der Waals surface area contributed by atoms with Crippen LogP contribution in [0.15, 0.2) is 52.3 Å². The Bertz CT molecular complexity index is 966. The van der Waals surface area contributed by atoms with E-state index in [1.165, 1.54) is 16.0 Å². The van der Waals surface area contributed by atoms with Crippen LogP contribution in [0.2, 0.25) is 5.02 Å². The average molecular weight is 444 g/mol. The third kappa shape index (κ3) is 6.51. The van der Waals surface area contributed by atoms with Crippen LogP contribution >= 0.6 is 23.4 Å². The van der Waals surface area contributed by atoms with Gasteiger partial charge in [0.05, 0.1) is 12.0 Å². The minimum atomic E-state index is -4.67. The number of fused-ring (bicyclic) bond motifs is 2. The van der Waals surface area contributed by atoms with Gasteiger partial charge in [-0.25, -0.2) is 0 Å². The van der Waals surface area contributed by atoms with Gasteiger partial charge in [0, 0.05) is 22.0 Å². The van der Waals surface area contributed by atoms with Crippen molar-refractivity contribution < 1.29 is 22.3 Å². The van der Waals surface area contributed by atoms with Crippen molar-refractivity contribution in [1.82, 2.24) is 4.90 Å². The van der Waals surface area contributed by atoms with Crippen molar-refractivity contribution in [3.05, 3.63) is 58.6 Å². The highest BCUT2D eigenvalue weighted by Gasteiger charge is 2.24. The summed E-state index contributed by atoms with van der Waals surface area (Å²) in [6.07, 6.45) is 3.31. The van der Waals surface area contributed by atoms with E-state index < -0.39 is 10.4 Å². The zero-order valence-corrected chi connectivity index (χ0v) is 18.1. The largest absolute Gasteiger partial charge is 0.495 e. The Morgan fingerprint density at radius 1 is 1.18 bits per heavy atom. The molecule has 0 aromatic heterocycles. The van der Waals surface area contributed by atoms with Crippen molar-refractivity contribution in [1.29, 1.82) is 0 Å². The third-order valence-electron chi connectivity index (χ3n) is 3.84. The van der Waals surface area contributed by atoms with Crippen molar-refractivity contribution in [2.75, 3.05) is 27.7 Å². The van der Waals surface area contributed by atoms with E-state index in [1.807, 2.05) is 12.1 Å². The molecule has 1 aliphatic rings. The molecule has 3 rings (SSSR count). The highest BCUT2D eigenvalue weighted by molar-refractivity contribution is 7.99. The second-order valence-corrected chi connectivity index (χ2v) is 8.62. The van der Waals surface area contributed by atoms with Crippen LogP contribution in [0.5, 0.6) is 5.75 Å². The zero-order valence-electron chi connectivity index (χ0n) is 15.7. The number of benzene rings is 2. The summed E-state index contributed by atoms with van der Waals surface area (Å²) in [5.41, 5.74) is 3.68. The fraction of sp³-hybridized carbons (Fsp3) is 0.263. The van der Waals surface area contributed by atoms with Gasteiger partial charge in [-0.15, -0.1) is 0 Å². The lowest BCUT2D eigenvalue weighted by Crippen LogP contribution is -2.12. The van der Waals surface area contributed by atoms with Crippen LogP contribution in [0.3, 0.4) is 0 Å². The Morgan fingerprint density at radius 2 is 1.82 bits per heavy atom. The van der Waals surface area contributed by atoms with Gasteiger partial charge in [0.15, 0.2) is 0 Å². The van der Waals surface area contributed by atoms with Gasteiger partial charge in [-0.05, 0) is 49.9 Å². The molecule has 0 bridgehead atoms. The quantitative estimate of drug-likeness (QED) is 0.572. The van der Waals surface area contributed by atoms with Crippen LogP contribution in [0, 0.1) is 0 Å². The standard InChI is InChI=1S/C19H20ClNOS.H2O4S/c1-21(2)10-6-8-14-15-7-4-5-9-18(15)23-19-16(14)11-13(20)12-17(19)22-3;1-5(2,3)4/h4-5,7-9,11-12H,6,10H2,1-3H3;(H2,1,2,3,4). The van der Waals surface area contributed by atoms with Gasteiger partial charge in [0.25, 0.3) is 0 Å². The smallest absolute Gasteiger partial charge is 0.394 e. The van der Waals surface area contributed by atoms with Crippen LogP contribution in [0.1, 0.15) is 17.5 Å². The average Bonchev–Trinajstić information content (AvgIpc) is 2.59. The second kappa shape index (κ2) is 9.78. The summed E-state index contributed by atoms with van der Waals surface area (Å²) < 4.78 is 37.1.